The first-order chi connectivity index (χ1) is 14.4. The number of hydrogen-bond donors (Lipinski definition) is 1. The van der Waals surface area contributed by atoms with Gasteiger partial charge in [-0.25, -0.2) is 8.42 Å². The van der Waals surface area contributed by atoms with Crippen molar-refractivity contribution in [2.75, 3.05) is 31.6 Å². The van der Waals surface area contributed by atoms with Crippen LogP contribution in [0.1, 0.15) is 26.7 Å². The van der Waals surface area contributed by atoms with E-state index in [-0.39, 0.29) is 17.3 Å². The molecule has 1 aliphatic rings. The summed E-state index contributed by atoms with van der Waals surface area (Å²) in [7, 11) is -3.66. The highest BCUT2D eigenvalue weighted by molar-refractivity contribution is 7.89. The Morgan fingerprint density at radius 1 is 1.00 bits per heavy atom. The second kappa shape index (κ2) is 9.95. The van der Waals surface area contributed by atoms with Gasteiger partial charge in [-0.1, -0.05) is 0 Å². The summed E-state index contributed by atoms with van der Waals surface area (Å²) in [4.78, 5) is 12.9. The lowest BCUT2D eigenvalue weighted by molar-refractivity contribution is -0.120. The van der Waals surface area contributed by atoms with Crippen LogP contribution in [0.15, 0.2) is 53.4 Å². The van der Waals surface area contributed by atoms with Crippen LogP contribution < -0.4 is 14.8 Å². The maximum absolute atomic E-state index is 13.0. The van der Waals surface area contributed by atoms with Crippen LogP contribution >= 0.6 is 0 Å². The molecule has 30 heavy (non-hydrogen) atoms. The van der Waals surface area contributed by atoms with E-state index in [0.29, 0.717) is 44.0 Å². The van der Waals surface area contributed by atoms with Crippen LogP contribution in [0.2, 0.25) is 0 Å². The van der Waals surface area contributed by atoms with Gasteiger partial charge in [-0.15, -0.1) is 0 Å². The van der Waals surface area contributed by atoms with Crippen molar-refractivity contribution in [3.05, 3.63) is 48.5 Å². The number of nitrogens with zero attached hydrogens (tertiary/aromatic N) is 1. The average Bonchev–Trinajstić information content (AvgIpc) is 2.76. The number of ether oxygens (including phenoxy) is 2. The van der Waals surface area contributed by atoms with Crippen molar-refractivity contribution in [1.29, 1.82) is 0 Å². The summed E-state index contributed by atoms with van der Waals surface area (Å²) in [6.07, 6.45) is 1.29. The van der Waals surface area contributed by atoms with Gasteiger partial charge in [0.2, 0.25) is 15.9 Å². The van der Waals surface area contributed by atoms with Gasteiger partial charge in [0.25, 0.3) is 0 Å². The van der Waals surface area contributed by atoms with Gasteiger partial charge >= 0.3 is 0 Å². The number of hydrogen-bond acceptors (Lipinski definition) is 5. The zero-order valence-electron chi connectivity index (χ0n) is 17.3. The maximum Gasteiger partial charge on any atom is 0.243 e. The molecular formula is C22H28N2O5S. The summed E-state index contributed by atoms with van der Waals surface area (Å²) >= 11 is 0. The largest absolute Gasteiger partial charge is 0.494 e. The van der Waals surface area contributed by atoms with Crippen molar-refractivity contribution in [3.63, 3.8) is 0 Å². The molecule has 8 heteroatoms. The lowest BCUT2D eigenvalue weighted by atomic mass is 9.99. The van der Waals surface area contributed by atoms with E-state index in [2.05, 4.69) is 5.32 Å². The molecule has 0 radical (unpaired) electrons. The minimum Gasteiger partial charge on any atom is -0.494 e. The molecular weight excluding hydrogens is 404 g/mol. The molecule has 1 amide bonds. The molecule has 0 aliphatic carbocycles. The van der Waals surface area contributed by atoms with Crippen LogP contribution in [0.3, 0.4) is 0 Å². The lowest BCUT2D eigenvalue weighted by Gasteiger charge is -2.31. The molecule has 1 N–H and O–H groups in total. The van der Waals surface area contributed by atoms with Crippen molar-refractivity contribution in [2.45, 2.75) is 31.6 Å². The third-order valence-corrected chi connectivity index (χ3v) is 6.84. The first-order valence-corrected chi connectivity index (χ1v) is 11.6. The molecule has 162 valence electrons. The summed E-state index contributed by atoms with van der Waals surface area (Å²) < 4.78 is 38.2. The summed E-state index contributed by atoms with van der Waals surface area (Å²) in [5.41, 5.74) is 0.662. The van der Waals surface area contributed by atoms with Crippen LogP contribution in [-0.2, 0) is 14.8 Å². The number of carbonyl (C=O) groups is 1. The Morgan fingerprint density at radius 3 is 2.13 bits per heavy atom. The molecule has 0 unspecified atom stereocenters. The Kier molecular flexibility index (Phi) is 7.33. The highest BCUT2D eigenvalue weighted by Gasteiger charge is 2.33. The number of rotatable bonds is 8. The van der Waals surface area contributed by atoms with E-state index in [1.165, 1.54) is 4.31 Å². The first-order valence-electron chi connectivity index (χ1n) is 10.2. The minimum absolute atomic E-state index is 0.165. The van der Waals surface area contributed by atoms with Crippen LogP contribution in [0, 0.1) is 5.92 Å². The number of amides is 1. The molecule has 1 fully saturated rings. The van der Waals surface area contributed by atoms with Gasteiger partial charge in [0.15, 0.2) is 0 Å². The zero-order chi connectivity index (χ0) is 21.6. The number of carbonyl (C=O) groups excluding carboxylic acids is 1. The third kappa shape index (κ3) is 5.31. The van der Waals surface area contributed by atoms with Gasteiger partial charge < -0.3 is 14.8 Å². The number of piperidine rings is 1. The molecule has 3 rings (SSSR count). The normalized spacial score (nSPS) is 17.3. The van der Waals surface area contributed by atoms with Gasteiger partial charge in [-0.05, 0) is 75.2 Å². The minimum atomic E-state index is -3.66. The fourth-order valence-corrected chi connectivity index (χ4v) is 4.97. The second-order valence-corrected chi connectivity index (χ2v) is 8.99. The van der Waals surface area contributed by atoms with E-state index < -0.39 is 15.9 Å². The molecule has 1 heterocycles. The smallest absolute Gasteiger partial charge is 0.243 e. The van der Waals surface area contributed by atoms with Crippen LogP contribution in [-0.4, -0.2) is 44.9 Å². The predicted octanol–water partition coefficient (Wildman–Crippen LogP) is 3.52. The molecule has 0 bridgehead atoms. The number of nitrogens with one attached hydrogen (secondary N) is 1. The second-order valence-electron chi connectivity index (χ2n) is 7.05. The Bertz CT molecular complexity index is 942. The standard InChI is InChI=1S/C22H28N2O5S/c1-3-28-19-9-7-18(8-10-19)23-22(25)17-6-5-15-24(16-17)30(26,27)21-13-11-20(12-14-21)29-4-2/h7-14,17H,3-6,15-16H2,1-2H3,(H,23,25)/t17-/m0/s1. The van der Waals surface area contributed by atoms with Crippen LogP contribution in [0.25, 0.3) is 0 Å². The van der Waals surface area contributed by atoms with E-state index in [1.807, 2.05) is 13.8 Å². The molecule has 0 spiro atoms. The Morgan fingerprint density at radius 2 is 1.57 bits per heavy atom. The van der Waals surface area contributed by atoms with Gasteiger partial charge in [-0.2, -0.15) is 4.31 Å². The number of anilines is 1. The fourth-order valence-electron chi connectivity index (χ4n) is 3.44. The molecule has 0 aromatic heterocycles. The van der Waals surface area contributed by atoms with Gasteiger partial charge in [0.1, 0.15) is 11.5 Å². The molecule has 1 atom stereocenters. The molecule has 1 aliphatic heterocycles. The molecule has 2 aromatic carbocycles. The van der Waals surface area contributed by atoms with Crippen LogP contribution in [0.4, 0.5) is 5.69 Å². The summed E-state index contributed by atoms with van der Waals surface area (Å²) in [6.45, 7) is 5.44. The van der Waals surface area contributed by atoms with E-state index >= 15 is 0 Å². The summed E-state index contributed by atoms with van der Waals surface area (Å²) in [6, 6.07) is 13.5. The molecule has 7 nitrogen and oxygen atoms in total. The molecule has 1 saturated heterocycles. The van der Waals surface area contributed by atoms with E-state index in [4.69, 9.17) is 9.47 Å². The van der Waals surface area contributed by atoms with Gasteiger partial charge in [-0.3, -0.25) is 4.79 Å². The zero-order valence-corrected chi connectivity index (χ0v) is 18.2. The Hall–Kier alpha value is -2.58. The Balaban J connectivity index is 1.65. The number of sulfonamides is 1. The predicted molar refractivity (Wildman–Crippen MR) is 115 cm³/mol. The monoisotopic (exact) mass is 432 g/mol. The van der Waals surface area contributed by atoms with Gasteiger partial charge in [0.05, 0.1) is 24.0 Å². The van der Waals surface area contributed by atoms with E-state index in [9.17, 15) is 13.2 Å². The summed E-state index contributed by atoms with van der Waals surface area (Å²) in [5, 5.41) is 2.88. The van der Waals surface area contributed by atoms with Crippen molar-refractivity contribution >= 4 is 21.6 Å². The molecule has 0 saturated carbocycles. The highest BCUT2D eigenvalue weighted by atomic mass is 32.2. The highest BCUT2D eigenvalue weighted by Crippen LogP contribution is 2.26. The fraction of sp³-hybridized carbons (Fsp3) is 0.409. The van der Waals surface area contributed by atoms with Crippen LogP contribution in [0.5, 0.6) is 11.5 Å². The lowest BCUT2D eigenvalue weighted by Crippen LogP contribution is -2.43. The quantitative estimate of drug-likeness (QED) is 0.690. The topological polar surface area (TPSA) is 84.9 Å². The molecule has 2 aromatic rings. The average molecular weight is 433 g/mol. The number of benzene rings is 2. The van der Waals surface area contributed by atoms with Crippen molar-refractivity contribution in [2.24, 2.45) is 5.92 Å². The van der Waals surface area contributed by atoms with E-state index in [1.54, 1.807) is 48.5 Å². The maximum atomic E-state index is 13.0. The van der Waals surface area contributed by atoms with Crippen molar-refractivity contribution in [1.82, 2.24) is 4.31 Å². The van der Waals surface area contributed by atoms with Gasteiger partial charge in [0, 0.05) is 18.8 Å². The summed E-state index contributed by atoms with van der Waals surface area (Å²) in [5.74, 6) is 0.789. The SMILES string of the molecule is CCOc1ccc(NC(=O)[C@H]2CCCN(S(=O)(=O)c3ccc(OCC)cc3)C2)cc1. The van der Waals surface area contributed by atoms with Crippen molar-refractivity contribution < 1.29 is 22.7 Å². The van der Waals surface area contributed by atoms with E-state index in [0.717, 1.165) is 5.75 Å². The third-order valence-electron chi connectivity index (χ3n) is 4.96. The Labute approximate surface area is 178 Å². The van der Waals surface area contributed by atoms with Crippen molar-refractivity contribution in [3.8, 4) is 11.5 Å². The first kappa shape index (κ1) is 22.1.